The average Bonchev–Trinajstić information content (AvgIpc) is 2.28. The number of benzene rings is 1. The van der Waals surface area contributed by atoms with E-state index >= 15 is 0 Å². The van der Waals surface area contributed by atoms with Crippen LogP contribution in [0.25, 0.3) is 0 Å². The fourth-order valence-electron chi connectivity index (χ4n) is 2.50. The van der Waals surface area contributed by atoms with E-state index in [2.05, 4.69) is 12.2 Å². The number of phenols is 1. The van der Waals surface area contributed by atoms with E-state index in [1.165, 1.54) is 25.7 Å². The molecule has 0 amide bonds. The highest BCUT2D eigenvalue weighted by molar-refractivity contribution is 6.32. The zero-order valence-corrected chi connectivity index (χ0v) is 11.1. The van der Waals surface area contributed by atoms with Gasteiger partial charge in [0.15, 0.2) is 0 Å². The molecule has 0 bridgehead atoms. The van der Waals surface area contributed by atoms with Gasteiger partial charge in [0.2, 0.25) is 0 Å². The maximum Gasteiger partial charge on any atom is 0.138 e. The predicted octanol–water partition coefficient (Wildman–Crippen LogP) is 3.72. The Labute approximate surface area is 108 Å². The fourth-order valence-corrected chi connectivity index (χ4v) is 2.69. The molecule has 94 valence electrons. The fraction of sp³-hybridized carbons (Fsp3) is 0.571. The molecule has 17 heavy (non-hydrogen) atoms. The number of rotatable bonds is 5. The first-order valence-corrected chi connectivity index (χ1v) is 6.72. The van der Waals surface area contributed by atoms with Crippen molar-refractivity contribution >= 4 is 11.6 Å². The second-order valence-electron chi connectivity index (χ2n) is 5.06. The highest BCUT2D eigenvalue weighted by Gasteiger charge is 2.34. The van der Waals surface area contributed by atoms with Crippen LogP contribution >= 0.6 is 11.6 Å². The van der Waals surface area contributed by atoms with Crippen LogP contribution < -0.4 is 5.32 Å². The normalized spacial score (nSPS) is 17.8. The van der Waals surface area contributed by atoms with Crippen LogP contribution in [0.15, 0.2) is 18.2 Å². The molecule has 1 saturated carbocycles. The molecule has 1 aliphatic carbocycles. The second-order valence-corrected chi connectivity index (χ2v) is 5.47. The Morgan fingerprint density at radius 3 is 2.76 bits per heavy atom. The van der Waals surface area contributed by atoms with Gasteiger partial charge >= 0.3 is 0 Å². The van der Waals surface area contributed by atoms with Gasteiger partial charge in [-0.25, -0.2) is 0 Å². The molecule has 1 fully saturated rings. The zero-order chi connectivity index (χ0) is 12.3. The molecule has 3 heteroatoms. The topological polar surface area (TPSA) is 32.3 Å². The molecule has 0 unspecified atom stereocenters. The Hall–Kier alpha value is -0.730. The standard InChI is InChI=1S/C14H20ClNO/c1-2-14(7-4-8-14)10-16-9-11-5-3-6-12(15)13(11)17/h3,5-6,16-17H,2,4,7-10H2,1H3. The van der Waals surface area contributed by atoms with E-state index in [9.17, 15) is 5.11 Å². The van der Waals surface area contributed by atoms with Crippen LogP contribution in [-0.2, 0) is 6.54 Å². The SMILES string of the molecule is CCC1(CNCc2cccc(Cl)c2O)CCC1. The quantitative estimate of drug-likeness (QED) is 0.838. The number of hydrogen-bond acceptors (Lipinski definition) is 2. The molecule has 2 nitrogen and oxygen atoms in total. The first kappa shape index (κ1) is 12.7. The molecule has 2 N–H and O–H groups in total. The number of nitrogens with one attached hydrogen (secondary N) is 1. The van der Waals surface area contributed by atoms with Crippen LogP contribution in [0.5, 0.6) is 5.75 Å². The number of hydrogen-bond donors (Lipinski definition) is 2. The van der Waals surface area contributed by atoms with Gasteiger partial charge in [0, 0.05) is 18.7 Å². The maximum absolute atomic E-state index is 9.78. The van der Waals surface area contributed by atoms with E-state index < -0.39 is 0 Å². The van der Waals surface area contributed by atoms with Crippen molar-refractivity contribution < 1.29 is 5.11 Å². The summed E-state index contributed by atoms with van der Waals surface area (Å²) in [6, 6.07) is 5.49. The molecule has 2 rings (SSSR count). The van der Waals surface area contributed by atoms with E-state index in [0.717, 1.165) is 12.1 Å². The molecule has 0 radical (unpaired) electrons. The minimum atomic E-state index is 0.209. The minimum Gasteiger partial charge on any atom is -0.506 e. The van der Waals surface area contributed by atoms with Gasteiger partial charge in [-0.3, -0.25) is 0 Å². The third kappa shape index (κ3) is 2.75. The monoisotopic (exact) mass is 253 g/mol. The molecular formula is C14H20ClNO. The van der Waals surface area contributed by atoms with Gasteiger partial charge in [-0.2, -0.15) is 0 Å². The Morgan fingerprint density at radius 2 is 2.18 bits per heavy atom. The van der Waals surface area contributed by atoms with Crippen molar-refractivity contribution in [1.29, 1.82) is 0 Å². The summed E-state index contributed by atoms with van der Waals surface area (Å²) in [5, 5.41) is 13.7. The summed E-state index contributed by atoms with van der Waals surface area (Å²) in [7, 11) is 0. The summed E-state index contributed by atoms with van der Waals surface area (Å²) in [6.07, 6.45) is 5.26. The van der Waals surface area contributed by atoms with E-state index in [0.29, 0.717) is 17.0 Å². The lowest BCUT2D eigenvalue weighted by molar-refractivity contribution is 0.123. The third-order valence-electron chi connectivity index (χ3n) is 4.05. The lowest BCUT2D eigenvalue weighted by atomic mass is 9.67. The molecule has 1 aromatic rings. The predicted molar refractivity (Wildman–Crippen MR) is 71.4 cm³/mol. The molecule has 0 spiro atoms. The smallest absolute Gasteiger partial charge is 0.138 e. The summed E-state index contributed by atoms with van der Waals surface area (Å²) < 4.78 is 0. The Kier molecular flexibility index (Phi) is 3.95. The van der Waals surface area contributed by atoms with Gasteiger partial charge < -0.3 is 10.4 Å². The lowest BCUT2D eigenvalue weighted by Gasteiger charge is -2.41. The van der Waals surface area contributed by atoms with Gasteiger partial charge in [-0.05, 0) is 30.7 Å². The first-order chi connectivity index (χ1) is 8.17. The van der Waals surface area contributed by atoms with Crippen molar-refractivity contribution in [3.8, 4) is 5.75 Å². The van der Waals surface area contributed by atoms with Crippen LogP contribution in [0, 0.1) is 5.41 Å². The van der Waals surface area contributed by atoms with Gasteiger partial charge in [0.05, 0.1) is 5.02 Å². The summed E-state index contributed by atoms with van der Waals surface area (Å²) in [6.45, 7) is 3.99. The van der Waals surface area contributed by atoms with E-state index in [4.69, 9.17) is 11.6 Å². The van der Waals surface area contributed by atoms with Crippen molar-refractivity contribution in [2.24, 2.45) is 5.41 Å². The second kappa shape index (κ2) is 5.28. The van der Waals surface area contributed by atoms with Crippen molar-refractivity contribution in [3.05, 3.63) is 28.8 Å². The molecule has 0 aliphatic heterocycles. The molecule has 1 aromatic carbocycles. The average molecular weight is 254 g/mol. The number of phenolic OH excluding ortho intramolecular Hbond substituents is 1. The van der Waals surface area contributed by atoms with Crippen molar-refractivity contribution in [1.82, 2.24) is 5.32 Å². The first-order valence-electron chi connectivity index (χ1n) is 6.34. The van der Waals surface area contributed by atoms with Crippen molar-refractivity contribution in [2.75, 3.05) is 6.54 Å². The summed E-state index contributed by atoms with van der Waals surface area (Å²) >= 11 is 5.87. The number of para-hydroxylation sites is 1. The summed E-state index contributed by atoms with van der Waals surface area (Å²) in [5.41, 5.74) is 1.39. The maximum atomic E-state index is 9.78. The Bertz CT molecular complexity index is 382. The number of aromatic hydroxyl groups is 1. The van der Waals surface area contributed by atoms with Gasteiger partial charge in [0.1, 0.15) is 5.75 Å². The largest absolute Gasteiger partial charge is 0.506 e. The lowest BCUT2D eigenvalue weighted by Crippen LogP contribution is -2.39. The van der Waals surface area contributed by atoms with E-state index in [1.54, 1.807) is 6.07 Å². The summed E-state index contributed by atoms with van der Waals surface area (Å²) in [5.74, 6) is 0.209. The van der Waals surface area contributed by atoms with E-state index in [-0.39, 0.29) is 5.75 Å². The molecule has 0 saturated heterocycles. The molecule has 1 aliphatic rings. The van der Waals surface area contributed by atoms with Crippen LogP contribution in [0.2, 0.25) is 5.02 Å². The third-order valence-corrected chi connectivity index (χ3v) is 4.36. The molecule has 0 atom stereocenters. The van der Waals surface area contributed by atoms with Crippen LogP contribution in [0.4, 0.5) is 0 Å². The van der Waals surface area contributed by atoms with Crippen LogP contribution in [0.3, 0.4) is 0 Å². The van der Waals surface area contributed by atoms with Gasteiger partial charge in [0.25, 0.3) is 0 Å². The van der Waals surface area contributed by atoms with Crippen LogP contribution in [0.1, 0.15) is 38.2 Å². The van der Waals surface area contributed by atoms with Gasteiger partial charge in [-0.15, -0.1) is 0 Å². The van der Waals surface area contributed by atoms with Crippen molar-refractivity contribution in [3.63, 3.8) is 0 Å². The summed E-state index contributed by atoms with van der Waals surface area (Å²) in [4.78, 5) is 0. The van der Waals surface area contributed by atoms with Crippen molar-refractivity contribution in [2.45, 2.75) is 39.2 Å². The molecular weight excluding hydrogens is 234 g/mol. The molecule has 0 heterocycles. The Balaban J connectivity index is 1.88. The minimum absolute atomic E-state index is 0.209. The Morgan fingerprint density at radius 1 is 1.41 bits per heavy atom. The highest BCUT2D eigenvalue weighted by Crippen LogP contribution is 2.43. The van der Waals surface area contributed by atoms with Crippen LogP contribution in [-0.4, -0.2) is 11.7 Å². The van der Waals surface area contributed by atoms with E-state index in [1.807, 2.05) is 12.1 Å². The highest BCUT2D eigenvalue weighted by atomic mass is 35.5. The number of halogens is 1. The zero-order valence-electron chi connectivity index (χ0n) is 10.3. The molecule has 0 aromatic heterocycles. The van der Waals surface area contributed by atoms with Gasteiger partial charge in [-0.1, -0.05) is 37.1 Å².